The molecule has 26 heavy (non-hydrogen) atoms. The van der Waals surface area contributed by atoms with Crippen molar-refractivity contribution in [2.75, 3.05) is 11.2 Å². The Morgan fingerprint density at radius 2 is 2.08 bits per heavy atom. The van der Waals surface area contributed by atoms with E-state index >= 15 is 0 Å². The van der Waals surface area contributed by atoms with E-state index in [0.717, 1.165) is 26.7 Å². The van der Waals surface area contributed by atoms with Crippen LogP contribution in [0.4, 0.5) is 10.2 Å². The summed E-state index contributed by atoms with van der Waals surface area (Å²) in [6.45, 7) is 4.01. The SMILES string of the molecule is Cc1sc2ncnc(NN=C3CCS(=O)(=O)c4ccc(F)cc43)c2c1C. The molecule has 2 aromatic heterocycles. The summed E-state index contributed by atoms with van der Waals surface area (Å²) in [5.41, 5.74) is 4.79. The zero-order valence-corrected chi connectivity index (χ0v) is 15.7. The zero-order valence-electron chi connectivity index (χ0n) is 14.1. The number of hydrazone groups is 1. The summed E-state index contributed by atoms with van der Waals surface area (Å²) in [6.07, 6.45) is 1.67. The fourth-order valence-electron chi connectivity index (χ4n) is 2.98. The predicted octanol–water partition coefficient (Wildman–Crippen LogP) is 3.44. The molecular weight excluding hydrogens is 375 g/mol. The highest BCUT2D eigenvalue weighted by molar-refractivity contribution is 7.91. The third-order valence-corrected chi connectivity index (χ3v) is 7.34. The molecule has 4 rings (SSSR count). The van der Waals surface area contributed by atoms with Gasteiger partial charge in [0.25, 0.3) is 0 Å². The quantitative estimate of drug-likeness (QED) is 0.535. The van der Waals surface area contributed by atoms with Crippen molar-refractivity contribution >= 4 is 42.9 Å². The molecule has 1 N–H and O–H groups in total. The Balaban J connectivity index is 1.78. The van der Waals surface area contributed by atoms with Gasteiger partial charge in [0, 0.05) is 16.9 Å². The Bertz CT molecular complexity index is 1170. The number of fused-ring (bicyclic) bond motifs is 2. The molecular formula is C17H15FN4O2S2. The molecule has 0 aliphatic carbocycles. The summed E-state index contributed by atoms with van der Waals surface area (Å²) < 4.78 is 38.1. The van der Waals surface area contributed by atoms with Gasteiger partial charge in [-0.25, -0.2) is 22.8 Å². The van der Waals surface area contributed by atoms with Crippen LogP contribution in [0.3, 0.4) is 0 Å². The molecule has 0 saturated carbocycles. The summed E-state index contributed by atoms with van der Waals surface area (Å²) in [4.78, 5) is 10.6. The minimum Gasteiger partial charge on any atom is -0.260 e. The average molecular weight is 390 g/mol. The van der Waals surface area contributed by atoms with Gasteiger partial charge in [-0.05, 0) is 37.6 Å². The minimum absolute atomic E-state index is 0.0537. The number of hydrogen-bond acceptors (Lipinski definition) is 7. The van der Waals surface area contributed by atoms with Crippen LogP contribution in [0.1, 0.15) is 22.4 Å². The van der Waals surface area contributed by atoms with E-state index in [4.69, 9.17) is 0 Å². The fraction of sp³-hybridized carbons (Fsp3) is 0.235. The van der Waals surface area contributed by atoms with Crippen LogP contribution in [-0.4, -0.2) is 29.9 Å². The molecule has 1 aromatic carbocycles. The molecule has 3 aromatic rings. The Kier molecular flexibility index (Phi) is 4.00. The van der Waals surface area contributed by atoms with Crippen molar-refractivity contribution in [3.8, 4) is 0 Å². The maximum Gasteiger partial charge on any atom is 0.179 e. The first-order valence-corrected chi connectivity index (χ1v) is 10.4. The maximum absolute atomic E-state index is 13.7. The van der Waals surface area contributed by atoms with Crippen LogP contribution in [-0.2, 0) is 9.84 Å². The van der Waals surface area contributed by atoms with Crippen molar-refractivity contribution in [1.29, 1.82) is 0 Å². The van der Waals surface area contributed by atoms with Crippen LogP contribution in [0, 0.1) is 19.7 Å². The van der Waals surface area contributed by atoms with Gasteiger partial charge in [-0.15, -0.1) is 11.3 Å². The molecule has 0 unspecified atom stereocenters. The van der Waals surface area contributed by atoms with Crippen molar-refractivity contribution in [3.05, 3.63) is 46.3 Å². The molecule has 0 spiro atoms. The molecule has 0 bridgehead atoms. The number of halogens is 1. The number of sulfone groups is 1. The van der Waals surface area contributed by atoms with E-state index in [1.807, 2.05) is 13.8 Å². The number of aromatic nitrogens is 2. The third-order valence-electron chi connectivity index (χ3n) is 4.46. The van der Waals surface area contributed by atoms with Crippen molar-refractivity contribution < 1.29 is 12.8 Å². The van der Waals surface area contributed by atoms with E-state index in [1.165, 1.54) is 18.5 Å². The highest BCUT2D eigenvalue weighted by atomic mass is 32.2. The van der Waals surface area contributed by atoms with Gasteiger partial charge in [0.2, 0.25) is 0 Å². The number of nitrogens with zero attached hydrogens (tertiary/aromatic N) is 3. The normalized spacial score (nSPS) is 17.4. The van der Waals surface area contributed by atoms with Gasteiger partial charge in [0.15, 0.2) is 15.7 Å². The van der Waals surface area contributed by atoms with Crippen LogP contribution in [0.25, 0.3) is 10.2 Å². The number of hydrogen-bond donors (Lipinski definition) is 1. The molecule has 3 heterocycles. The summed E-state index contributed by atoms with van der Waals surface area (Å²) >= 11 is 1.58. The Labute approximate surface area is 153 Å². The monoisotopic (exact) mass is 390 g/mol. The van der Waals surface area contributed by atoms with Gasteiger partial charge >= 0.3 is 0 Å². The van der Waals surface area contributed by atoms with E-state index in [-0.39, 0.29) is 17.1 Å². The van der Waals surface area contributed by atoms with Gasteiger partial charge in [-0.3, -0.25) is 5.43 Å². The second-order valence-corrected chi connectivity index (χ2v) is 9.35. The van der Waals surface area contributed by atoms with Crippen molar-refractivity contribution in [3.63, 3.8) is 0 Å². The average Bonchev–Trinajstić information content (AvgIpc) is 2.89. The van der Waals surface area contributed by atoms with Crippen LogP contribution in [0.2, 0.25) is 0 Å². The molecule has 1 aliphatic heterocycles. The summed E-state index contributed by atoms with van der Waals surface area (Å²) in [7, 11) is -3.41. The molecule has 0 radical (unpaired) electrons. The summed E-state index contributed by atoms with van der Waals surface area (Å²) in [5, 5.41) is 5.24. The topological polar surface area (TPSA) is 84.3 Å². The van der Waals surface area contributed by atoms with Crippen molar-refractivity contribution in [1.82, 2.24) is 9.97 Å². The highest BCUT2D eigenvalue weighted by Crippen LogP contribution is 2.33. The van der Waals surface area contributed by atoms with Crippen molar-refractivity contribution in [2.24, 2.45) is 5.10 Å². The van der Waals surface area contributed by atoms with Crippen LogP contribution < -0.4 is 5.43 Å². The van der Waals surface area contributed by atoms with Crippen LogP contribution in [0.15, 0.2) is 34.5 Å². The maximum atomic E-state index is 13.7. The van der Waals surface area contributed by atoms with Gasteiger partial charge in [-0.1, -0.05) is 0 Å². The summed E-state index contributed by atoms with van der Waals surface area (Å²) in [6, 6.07) is 3.66. The number of rotatable bonds is 2. The second-order valence-electron chi connectivity index (χ2n) is 6.07. The molecule has 0 fully saturated rings. The van der Waals surface area contributed by atoms with Gasteiger partial charge in [0.05, 0.1) is 21.7 Å². The van der Waals surface area contributed by atoms with Gasteiger partial charge in [0.1, 0.15) is 17.0 Å². The first-order chi connectivity index (χ1) is 12.4. The number of anilines is 1. The molecule has 9 heteroatoms. The zero-order chi connectivity index (χ0) is 18.5. The van der Waals surface area contributed by atoms with Crippen LogP contribution >= 0.6 is 11.3 Å². The fourth-order valence-corrected chi connectivity index (χ4v) is 5.44. The molecule has 0 amide bonds. The molecule has 0 saturated heterocycles. The Morgan fingerprint density at radius 1 is 1.27 bits per heavy atom. The lowest BCUT2D eigenvalue weighted by Gasteiger charge is -2.18. The largest absolute Gasteiger partial charge is 0.260 e. The van der Waals surface area contributed by atoms with Crippen molar-refractivity contribution in [2.45, 2.75) is 25.2 Å². The van der Waals surface area contributed by atoms with Crippen LogP contribution in [0.5, 0.6) is 0 Å². The number of nitrogens with one attached hydrogen (secondary N) is 1. The van der Waals surface area contributed by atoms with E-state index < -0.39 is 15.7 Å². The smallest absolute Gasteiger partial charge is 0.179 e. The van der Waals surface area contributed by atoms with Gasteiger partial charge in [-0.2, -0.15) is 5.10 Å². The minimum atomic E-state index is -3.41. The molecule has 1 aliphatic rings. The third kappa shape index (κ3) is 2.77. The van der Waals surface area contributed by atoms with Gasteiger partial charge < -0.3 is 0 Å². The lowest BCUT2D eigenvalue weighted by molar-refractivity contribution is 0.593. The Hall–Kier alpha value is -2.39. The molecule has 134 valence electrons. The predicted molar refractivity (Wildman–Crippen MR) is 100 cm³/mol. The summed E-state index contributed by atoms with van der Waals surface area (Å²) in [5.74, 6) is 0.0000631. The number of thiophene rings is 1. The number of aryl methyl sites for hydroxylation is 2. The first-order valence-electron chi connectivity index (χ1n) is 7.93. The van der Waals surface area contributed by atoms with E-state index in [1.54, 1.807) is 11.3 Å². The van der Waals surface area contributed by atoms with E-state index in [9.17, 15) is 12.8 Å². The van der Waals surface area contributed by atoms with E-state index in [0.29, 0.717) is 17.1 Å². The Morgan fingerprint density at radius 3 is 2.88 bits per heavy atom. The molecule has 0 atom stereocenters. The highest BCUT2D eigenvalue weighted by Gasteiger charge is 2.28. The number of benzene rings is 1. The van der Waals surface area contributed by atoms with E-state index in [2.05, 4.69) is 20.5 Å². The second kappa shape index (κ2) is 6.10. The lowest BCUT2D eigenvalue weighted by atomic mass is 10.1. The first kappa shape index (κ1) is 17.0. The lowest BCUT2D eigenvalue weighted by Crippen LogP contribution is -2.23. The molecule has 6 nitrogen and oxygen atoms in total. The standard InChI is InChI=1S/C17H15FN4O2S2/c1-9-10(2)25-17-15(9)16(19-8-20-17)22-21-13-5-6-26(23,24)14-4-3-11(18)7-12(13)14/h3-4,7-8H,5-6H2,1-2H3,(H,19,20,22).